The molecule has 2 aromatic rings. The third kappa shape index (κ3) is 1.26. The summed E-state index contributed by atoms with van der Waals surface area (Å²) in [4.78, 5) is 17.1. The molecule has 0 aliphatic carbocycles. The zero-order chi connectivity index (χ0) is 8.39. The van der Waals surface area contributed by atoms with Crippen molar-refractivity contribution in [3.63, 3.8) is 0 Å². The molecule has 2 rings (SSSR count). The summed E-state index contributed by atoms with van der Waals surface area (Å²) in [6.45, 7) is 0. The lowest BCUT2D eigenvalue weighted by Crippen LogP contribution is -1.92. The standard InChI is InChI=1S/C7H5N3OS/c11-7-9-6(10-12-7)5-1-3-8-4-2-5/h1-4H,(H,9,10,11). The number of hydrogen-bond donors (Lipinski definition) is 1. The molecular formula is C7H5N3OS. The number of hydrogen-bond acceptors (Lipinski definition) is 4. The molecule has 1 N–H and O–H groups in total. The Hall–Kier alpha value is -1.49. The fourth-order valence-corrected chi connectivity index (χ4v) is 1.33. The van der Waals surface area contributed by atoms with Crippen LogP contribution >= 0.6 is 11.5 Å². The van der Waals surface area contributed by atoms with Crippen LogP contribution in [-0.4, -0.2) is 14.3 Å². The molecule has 0 fully saturated rings. The minimum Gasteiger partial charge on any atom is -0.296 e. The van der Waals surface area contributed by atoms with Crippen LogP contribution in [0, 0.1) is 0 Å². The maximum Gasteiger partial charge on any atom is 0.323 e. The van der Waals surface area contributed by atoms with Crippen molar-refractivity contribution in [2.24, 2.45) is 0 Å². The first-order valence-electron chi connectivity index (χ1n) is 3.32. The van der Waals surface area contributed by atoms with Crippen molar-refractivity contribution in [3.05, 3.63) is 34.2 Å². The van der Waals surface area contributed by atoms with E-state index in [1.165, 1.54) is 0 Å². The summed E-state index contributed by atoms with van der Waals surface area (Å²) in [5.41, 5.74) is 0.878. The SMILES string of the molecule is O=c1[nH]c(-c2ccncc2)ns1. The molecule has 2 heterocycles. The Kier molecular flexibility index (Phi) is 1.71. The number of pyridine rings is 1. The number of aromatic amines is 1. The topological polar surface area (TPSA) is 58.6 Å². The van der Waals surface area contributed by atoms with Crippen LogP contribution in [0.3, 0.4) is 0 Å². The summed E-state index contributed by atoms with van der Waals surface area (Å²) in [6, 6.07) is 3.59. The van der Waals surface area contributed by atoms with Gasteiger partial charge in [0.15, 0.2) is 5.82 Å². The van der Waals surface area contributed by atoms with Gasteiger partial charge in [0.25, 0.3) is 0 Å². The van der Waals surface area contributed by atoms with Gasteiger partial charge in [-0.15, -0.1) is 0 Å². The summed E-state index contributed by atoms with van der Waals surface area (Å²) in [7, 11) is 0. The lowest BCUT2D eigenvalue weighted by molar-refractivity contribution is 1.26. The fraction of sp³-hybridized carbons (Fsp3) is 0. The fourth-order valence-electron chi connectivity index (χ4n) is 0.864. The van der Waals surface area contributed by atoms with Crippen molar-refractivity contribution < 1.29 is 0 Å². The van der Waals surface area contributed by atoms with E-state index in [2.05, 4.69) is 14.3 Å². The van der Waals surface area contributed by atoms with Crippen LogP contribution in [0.1, 0.15) is 0 Å². The summed E-state index contributed by atoms with van der Waals surface area (Å²) < 4.78 is 3.93. The highest BCUT2D eigenvalue weighted by Crippen LogP contribution is 2.10. The first-order chi connectivity index (χ1) is 5.86. The first kappa shape index (κ1) is 7.17. The normalized spacial score (nSPS) is 10.0. The molecular weight excluding hydrogens is 174 g/mol. The van der Waals surface area contributed by atoms with Gasteiger partial charge in [-0.05, 0) is 12.1 Å². The molecule has 0 spiro atoms. The van der Waals surface area contributed by atoms with E-state index in [9.17, 15) is 4.79 Å². The van der Waals surface area contributed by atoms with E-state index in [4.69, 9.17) is 0 Å². The van der Waals surface area contributed by atoms with Crippen molar-refractivity contribution in [1.29, 1.82) is 0 Å². The van der Waals surface area contributed by atoms with E-state index in [1.54, 1.807) is 24.5 Å². The van der Waals surface area contributed by atoms with Gasteiger partial charge in [-0.3, -0.25) is 14.8 Å². The van der Waals surface area contributed by atoms with Crippen LogP contribution < -0.4 is 4.87 Å². The van der Waals surface area contributed by atoms with Crippen LogP contribution in [-0.2, 0) is 0 Å². The van der Waals surface area contributed by atoms with Crippen LogP contribution in [0.4, 0.5) is 0 Å². The minimum atomic E-state index is -0.137. The van der Waals surface area contributed by atoms with Gasteiger partial charge in [-0.1, -0.05) is 0 Å². The Balaban J connectivity index is 2.51. The molecule has 0 unspecified atom stereocenters. The third-order valence-corrected chi connectivity index (χ3v) is 1.94. The van der Waals surface area contributed by atoms with Crippen molar-refractivity contribution in [1.82, 2.24) is 14.3 Å². The highest BCUT2D eigenvalue weighted by molar-refractivity contribution is 7.03. The van der Waals surface area contributed by atoms with Gasteiger partial charge >= 0.3 is 4.87 Å². The molecule has 2 aromatic heterocycles. The molecule has 5 heteroatoms. The van der Waals surface area contributed by atoms with Crippen molar-refractivity contribution in [2.75, 3.05) is 0 Å². The molecule has 4 nitrogen and oxygen atoms in total. The van der Waals surface area contributed by atoms with Gasteiger partial charge in [-0.25, -0.2) is 0 Å². The Bertz CT molecular complexity index is 419. The summed E-state index contributed by atoms with van der Waals surface area (Å²) in [5.74, 6) is 0.604. The molecule has 0 bridgehead atoms. The Morgan fingerprint density at radius 1 is 1.33 bits per heavy atom. The Labute approximate surface area is 72.1 Å². The molecule has 0 aliphatic rings. The van der Waals surface area contributed by atoms with E-state index < -0.39 is 0 Å². The van der Waals surface area contributed by atoms with Gasteiger partial charge in [0.05, 0.1) is 0 Å². The molecule has 0 radical (unpaired) electrons. The smallest absolute Gasteiger partial charge is 0.296 e. The molecule has 0 saturated carbocycles. The van der Waals surface area contributed by atoms with Gasteiger partial charge in [-0.2, -0.15) is 4.37 Å². The van der Waals surface area contributed by atoms with E-state index in [1.807, 2.05) is 0 Å². The number of rotatable bonds is 1. The Morgan fingerprint density at radius 3 is 2.67 bits per heavy atom. The molecule has 60 valence electrons. The van der Waals surface area contributed by atoms with Gasteiger partial charge < -0.3 is 0 Å². The second kappa shape index (κ2) is 2.86. The van der Waals surface area contributed by atoms with Crippen molar-refractivity contribution in [2.45, 2.75) is 0 Å². The zero-order valence-corrected chi connectivity index (χ0v) is 6.84. The van der Waals surface area contributed by atoms with E-state index >= 15 is 0 Å². The quantitative estimate of drug-likeness (QED) is 0.707. The number of aromatic nitrogens is 3. The third-order valence-electron chi connectivity index (χ3n) is 1.39. The predicted octanol–water partition coefficient (Wildman–Crippen LogP) is 0.893. The molecule has 0 atom stereocenters. The van der Waals surface area contributed by atoms with Crippen LogP contribution in [0.5, 0.6) is 0 Å². The summed E-state index contributed by atoms with van der Waals surface area (Å²) in [5, 5.41) is 0. The van der Waals surface area contributed by atoms with Crippen LogP contribution in [0.25, 0.3) is 11.4 Å². The highest BCUT2D eigenvalue weighted by atomic mass is 32.1. The first-order valence-corrected chi connectivity index (χ1v) is 4.10. The Morgan fingerprint density at radius 2 is 2.08 bits per heavy atom. The van der Waals surface area contributed by atoms with Crippen LogP contribution in [0.15, 0.2) is 29.3 Å². The van der Waals surface area contributed by atoms with Crippen molar-refractivity contribution in [3.8, 4) is 11.4 Å². The van der Waals surface area contributed by atoms with Crippen molar-refractivity contribution >= 4 is 11.5 Å². The van der Waals surface area contributed by atoms with Gasteiger partial charge in [0.2, 0.25) is 0 Å². The second-order valence-electron chi connectivity index (χ2n) is 2.18. The van der Waals surface area contributed by atoms with Gasteiger partial charge in [0, 0.05) is 29.5 Å². The summed E-state index contributed by atoms with van der Waals surface area (Å²) >= 11 is 0.918. The zero-order valence-electron chi connectivity index (χ0n) is 6.02. The van der Waals surface area contributed by atoms with Gasteiger partial charge in [0.1, 0.15) is 0 Å². The monoisotopic (exact) mass is 179 g/mol. The lowest BCUT2D eigenvalue weighted by atomic mass is 10.3. The summed E-state index contributed by atoms with van der Waals surface area (Å²) in [6.07, 6.45) is 3.32. The highest BCUT2D eigenvalue weighted by Gasteiger charge is 1.99. The predicted molar refractivity (Wildman–Crippen MR) is 46.0 cm³/mol. The average molecular weight is 179 g/mol. The molecule has 0 saturated heterocycles. The second-order valence-corrected chi connectivity index (χ2v) is 2.92. The molecule has 0 amide bonds. The van der Waals surface area contributed by atoms with E-state index in [-0.39, 0.29) is 4.87 Å². The average Bonchev–Trinajstić information content (AvgIpc) is 2.54. The van der Waals surface area contributed by atoms with E-state index in [0.717, 1.165) is 17.1 Å². The molecule has 12 heavy (non-hydrogen) atoms. The molecule has 0 aromatic carbocycles. The number of nitrogens with zero attached hydrogens (tertiary/aromatic N) is 2. The lowest BCUT2D eigenvalue weighted by Gasteiger charge is -1.91. The number of H-pyrrole nitrogens is 1. The maximum absolute atomic E-state index is 10.7. The molecule has 0 aliphatic heterocycles. The minimum absolute atomic E-state index is 0.137. The number of nitrogens with one attached hydrogen (secondary N) is 1. The van der Waals surface area contributed by atoms with E-state index in [0.29, 0.717) is 5.82 Å². The largest absolute Gasteiger partial charge is 0.323 e. The maximum atomic E-state index is 10.7. The van der Waals surface area contributed by atoms with Crippen LogP contribution in [0.2, 0.25) is 0 Å².